The molecule has 1 fully saturated rings. The van der Waals surface area contributed by atoms with Crippen molar-refractivity contribution in [1.29, 1.82) is 0 Å². The normalized spacial score (nSPS) is 17.3. The van der Waals surface area contributed by atoms with Crippen LogP contribution in [-0.2, 0) is 9.53 Å². The van der Waals surface area contributed by atoms with Crippen molar-refractivity contribution in [3.63, 3.8) is 0 Å². The van der Waals surface area contributed by atoms with Crippen molar-refractivity contribution in [2.75, 3.05) is 20.6 Å². The summed E-state index contributed by atoms with van der Waals surface area (Å²) in [6.07, 6.45) is 7.88. The summed E-state index contributed by atoms with van der Waals surface area (Å²) in [7, 11) is 3.47. The number of likely N-dealkylation sites (N-methyl/N-ethyl adjacent to an activating group) is 2. The lowest BCUT2D eigenvalue weighted by molar-refractivity contribution is -0.133. The van der Waals surface area contributed by atoms with E-state index in [1.165, 1.54) is 37.0 Å². The van der Waals surface area contributed by atoms with Gasteiger partial charge in [-0.25, -0.2) is 4.79 Å². The SMILES string of the molecule is CN(CC(=O)N(C)C1CCCCCCC1)C(=O)OC(C)(C)C. The van der Waals surface area contributed by atoms with Crippen LogP contribution in [0.4, 0.5) is 4.79 Å². The van der Waals surface area contributed by atoms with Crippen molar-refractivity contribution in [3.05, 3.63) is 0 Å². The Morgan fingerprint density at radius 2 is 1.50 bits per heavy atom. The Morgan fingerprint density at radius 3 is 2.00 bits per heavy atom. The third-order valence-electron chi connectivity index (χ3n) is 4.09. The molecule has 0 aromatic heterocycles. The molecule has 0 saturated heterocycles. The molecular weight excluding hydrogens is 280 g/mol. The quantitative estimate of drug-likeness (QED) is 0.802. The van der Waals surface area contributed by atoms with Crippen molar-refractivity contribution >= 4 is 12.0 Å². The highest BCUT2D eigenvalue weighted by Crippen LogP contribution is 2.20. The van der Waals surface area contributed by atoms with Crippen LogP contribution in [0.1, 0.15) is 65.7 Å². The van der Waals surface area contributed by atoms with Crippen LogP contribution in [-0.4, -0.2) is 54.1 Å². The van der Waals surface area contributed by atoms with Crippen LogP contribution in [0.25, 0.3) is 0 Å². The summed E-state index contributed by atoms with van der Waals surface area (Å²) in [4.78, 5) is 27.5. The van der Waals surface area contributed by atoms with Crippen molar-refractivity contribution in [2.24, 2.45) is 0 Å². The molecule has 2 amide bonds. The van der Waals surface area contributed by atoms with E-state index in [9.17, 15) is 9.59 Å². The van der Waals surface area contributed by atoms with Crippen molar-refractivity contribution < 1.29 is 14.3 Å². The van der Waals surface area contributed by atoms with E-state index in [0.717, 1.165) is 12.8 Å². The molecule has 1 saturated carbocycles. The van der Waals surface area contributed by atoms with Gasteiger partial charge in [0.25, 0.3) is 0 Å². The van der Waals surface area contributed by atoms with Crippen LogP contribution in [0.5, 0.6) is 0 Å². The minimum Gasteiger partial charge on any atom is -0.444 e. The van der Waals surface area contributed by atoms with Crippen molar-refractivity contribution in [3.8, 4) is 0 Å². The highest BCUT2D eigenvalue weighted by atomic mass is 16.6. The second kappa shape index (κ2) is 8.39. The monoisotopic (exact) mass is 312 g/mol. The zero-order valence-electron chi connectivity index (χ0n) is 14.9. The molecule has 0 atom stereocenters. The molecule has 22 heavy (non-hydrogen) atoms. The van der Waals surface area contributed by atoms with Gasteiger partial charge in [-0.1, -0.05) is 32.1 Å². The molecule has 0 N–H and O–H groups in total. The Kier molecular flexibility index (Phi) is 7.17. The van der Waals surface area contributed by atoms with Crippen molar-refractivity contribution in [1.82, 2.24) is 9.80 Å². The zero-order chi connectivity index (χ0) is 16.8. The molecule has 1 aliphatic carbocycles. The standard InChI is InChI=1S/C17H32N2O3/c1-17(2,3)22-16(21)18(4)13-15(20)19(5)14-11-9-7-6-8-10-12-14/h14H,6-13H2,1-5H3. The van der Waals surface area contributed by atoms with E-state index >= 15 is 0 Å². The van der Waals surface area contributed by atoms with Gasteiger partial charge < -0.3 is 14.5 Å². The first-order chi connectivity index (χ1) is 10.2. The van der Waals surface area contributed by atoms with Gasteiger partial charge in [0.2, 0.25) is 5.91 Å². The van der Waals surface area contributed by atoms with Crippen LogP contribution in [0.2, 0.25) is 0 Å². The molecule has 0 spiro atoms. The second-order valence-corrected chi connectivity index (χ2v) is 7.34. The van der Waals surface area contributed by atoms with Crippen LogP contribution < -0.4 is 0 Å². The van der Waals surface area contributed by atoms with E-state index in [-0.39, 0.29) is 12.5 Å². The topological polar surface area (TPSA) is 49.9 Å². The third-order valence-corrected chi connectivity index (χ3v) is 4.09. The third kappa shape index (κ3) is 6.67. The Morgan fingerprint density at radius 1 is 1.00 bits per heavy atom. The molecule has 128 valence electrons. The lowest BCUT2D eigenvalue weighted by atomic mass is 9.96. The lowest BCUT2D eigenvalue weighted by Gasteiger charge is -2.31. The fourth-order valence-electron chi connectivity index (χ4n) is 2.74. The lowest BCUT2D eigenvalue weighted by Crippen LogP contribution is -2.45. The van der Waals surface area contributed by atoms with E-state index in [1.807, 2.05) is 32.7 Å². The van der Waals surface area contributed by atoms with Crippen LogP contribution in [0, 0.1) is 0 Å². The van der Waals surface area contributed by atoms with E-state index in [4.69, 9.17) is 4.74 Å². The van der Waals surface area contributed by atoms with E-state index in [0.29, 0.717) is 6.04 Å². The van der Waals surface area contributed by atoms with Crippen LogP contribution in [0.3, 0.4) is 0 Å². The maximum atomic E-state index is 12.4. The summed E-state index contributed by atoms with van der Waals surface area (Å²) >= 11 is 0. The first-order valence-corrected chi connectivity index (χ1v) is 8.40. The minimum absolute atomic E-state index is 0.0149. The van der Waals surface area contributed by atoms with Gasteiger partial charge in [-0.15, -0.1) is 0 Å². The molecule has 0 heterocycles. The summed E-state index contributed by atoms with van der Waals surface area (Å²) in [5, 5.41) is 0. The molecule has 1 rings (SSSR count). The maximum Gasteiger partial charge on any atom is 0.410 e. The number of carbonyl (C=O) groups excluding carboxylic acids is 2. The Labute approximate surface area is 135 Å². The van der Waals surface area contributed by atoms with Gasteiger partial charge in [-0.3, -0.25) is 4.79 Å². The van der Waals surface area contributed by atoms with Gasteiger partial charge >= 0.3 is 6.09 Å². The first-order valence-electron chi connectivity index (χ1n) is 8.40. The molecule has 0 aliphatic heterocycles. The van der Waals surface area contributed by atoms with Crippen molar-refractivity contribution in [2.45, 2.75) is 77.4 Å². The predicted molar refractivity (Wildman–Crippen MR) is 87.7 cm³/mol. The summed E-state index contributed by atoms with van der Waals surface area (Å²) in [6.45, 7) is 5.53. The van der Waals surface area contributed by atoms with E-state index < -0.39 is 11.7 Å². The first kappa shape index (κ1) is 18.8. The number of hydrogen-bond donors (Lipinski definition) is 0. The molecule has 5 nitrogen and oxygen atoms in total. The Hall–Kier alpha value is -1.26. The van der Waals surface area contributed by atoms with Gasteiger partial charge in [-0.2, -0.15) is 0 Å². The average molecular weight is 312 g/mol. The molecular formula is C17H32N2O3. The highest BCUT2D eigenvalue weighted by molar-refractivity contribution is 5.82. The number of hydrogen-bond acceptors (Lipinski definition) is 3. The van der Waals surface area contributed by atoms with Gasteiger partial charge in [0.05, 0.1) is 0 Å². The molecule has 0 unspecified atom stereocenters. The molecule has 0 bridgehead atoms. The minimum atomic E-state index is -0.542. The largest absolute Gasteiger partial charge is 0.444 e. The summed E-state index contributed by atoms with van der Waals surface area (Å²) in [5.74, 6) is -0.0149. The molecule has 5 heteroatoms. The fraction of sp³-hybridized carbons (Fsp3) is 0.882. The molecule has 1 aliphatic rings. The summed E-state index contributed by atoms with van der Waals surface area (Å²) in [5.41, 5.74) is -0.542. The molecule has 0 aromatic rings. The number of ether oxygens (including phenoxy) is 1. The number of nitrogens with zero attached hydrogens (tertiary/aromatic N) is 2. The van der Waals surface area contributed by atoms with Gasteiger partial charge in [-0.05, 0) is 33.6 Å². The molecule has 0 aromatic carbocycles. The van der Waals surface area contributed by atoms with E-state index in [2.05, 4.69) is 0 Å². The smallest absolute Gasteiger partial charge is 0.410 e. The zero-order valence-corrected chi connectivity index (χ0v) is 14.9. The highest BCUT2D eigenvalue weighted by Gasteiger charge is 2.25. The second-order valence-electron chi connectivity index (χ2n) is 7.34. The predicted octanol–water partition coefficient (Wildman–Crippen LogP) is 3.42. The van der Waals surface area contributed by atoms with Crippen LogP contribution in [0.15, 0.2) is 0 Å². The maximum absolute atomic E-state index is 12.4. The number of rotatable bonds is 3. The average Bonchev–Trinajstić information content (AvgIpc) is 2.35. The van der Waals surface area contributed by atoms with Gasteiger partial charge in [0, 0.05) is 20.1 Å². The Balaban J connectivity index is 2.49. The fourth-order valence-corrected chi connectivity index (χ4v) is 2.74. The van der Waals surface area contributed by atoms with Gasteiger partial charge in [0.1, 0.15) is 12.1 Å². The summed E-state index contributed by atoms with van der Waals surface area (Å²) < 4.78 is 5.28. The summed E-state index contributed by atoms with van der Waals surface area (Å²) in [6, 6.07) is 0.305. The number of carbonyl (C=O) groups is 2. The van der Waals surface area contributed by atoms with E-state index in [1.54, 1.807) is 7.05 Å². The molecule has 0 radical (unpaired) electrons. The van der Waals surface area contributed by atoms with Gasteiger partial charge in [0.15, 0.2) is 0 Å². The number of amides is 2. The van der Waals surface area contributed by atoms with Crippen LogP contribution >= 0.6 is 0 Å². The Bertz CT molecular complexity index is 369.